The van der Waals surface area contributed by atoms with Crippen LogP contribution in [0.1, 0.15) is 12.8 Å². The molecule has 2 fully saturated rings. The molecule has 4 rings (SSSR count). The fraction of sp³-hybridized carbons (Fsp3) is 0.545. The van der Waals surface area contributed by atoms with Crippen molar-refractivity contribution >= 4 is 29.0 Å². The van der Waals surface area contributed by atoms with Crippen LogP contribution in [0.4, 0.5) is 23.1 Å². The van der Waals surface area contributed by atoms with Crippen molar-refractivity contribution < 1.29 is 14.3 Å². The molecule has 0 radical (unpaired) electrons. The van der Waals surface area contributed by atoms with Gasteiger partial charge >= 0.3 is 0 Å². The summed E-state index contributed by atoms with van der Waals surface area (Å²) in [6.45, 7) is 9.15. The third-order valence-corrected chi connectivity index (χ3v) is 5.78. The van der Waals surface area contributed by atoms with Crippen LogP contribution in [0.5, 0.6) is 0 Å². The first-order valence-corrected chi connectivity index (χ1v) is 11.3. The van der Waals surface area contributed by atoms with Gasteiger partial charge < -0.3 is 29.9 Å². The Kier molecular flexibility index (Phi) is 7.74. The van der Waals surface area contributed by atoms with Crippen LogP contribution >= 0.6 is 0 Å². The Morgan fingerprint density at radius 1 is 1.33 bits per heavy atom. The van der Waals surface area contributed by atoms with Crippen LogP contribution in [0.2, 0.25) is 0 Å². The van der Waals surface area contributed by atoms with Crippen LogP contribution in [0, 0.1) is 0 Å². The molecule has 0 aliphatic carbocycles. The molecule has 1 amide bonds. The molecule has 2 N–H and O–H groups in total. The molecule has 2 aliphatic heterocycles. The lowest BCUT2D eigenvalue weighted by Crippen LogP contribution is -2.45. The SMILES string of the molecule is C=CC(=O)N1CCC[C@H](Nc2nc(Nc3cnn(CCOC)c3)ncc2N2CCOCC2)C1. The Morgan fingerprint density at radius 3 is 2.97 bits per heavy atom. The van der Waals surface area contributed by atoms with E-state index in [1.165, 1.54) is 6.08 Å². The summed E-state index contributed by atoms with van der Waals surface area (Å²) in [6.07, 6.45) is 8.74. The molecule has 33 heavy (non-hydrogen) atoms. The molecule has 2 aromatic rings. The Labute approximate surface area is 193 Å². The van der Waals surface area contributed by atoms with E-state index in [9.17, 15) is 4.79 Å². The fourth-order valence-corrected chi connectivity index (χ4v) is 4.06. The molecule has 178 valence electrons. The number of methoxy groups -OCH3 is 1. The second kappa shape index (κ2) is 11.1. The van der Waals surface area contributed by atoms with Crippen molar-refractivity contribution in [3.63, 3.8) is 0 Å². The van der Waals surface area contributed by atoms with E-state index < -0.39 is 0 Å². The lowest BCUT2D eigenvalue weighted by Gasteiger charge is -2.35. The van der Waals surface area contributed by atoms with Crippen molar-refractivity contribution in [2.24, 2.45) is 0 Å². The van der Waals surface area contributed by atoms with Crippen LogP contribution in [0.15, 0.2) is 31.2 Å². The zero-order valence-electron chi connectivity index (χ0n) is 19.1. The topological polar surface area (TPSA) is 110 Å². The number of nitrogens with one attached hydrogen (secondary N) is 2. The van der Waals surface area contributed by atoms with Crippen LogP contribution < -0.4 is 15.5 Å². The average molecular weight is 457 g/mol. The Bertz CT molecular complexity index is 943. The van der Waals surface area contributed by atoms with Gasteiger partial charge in [-0.3, -0.25) is 9.48 Å². The molecule has 0 unspecified atom stereocenters. The molecular weight excluding hydrogens is 424 g/mol. The van der Waals surface area contributed by atoms with Crippen molar-refractivity contribution in [3.05, 3.63) is 31.2 Å². The van der Waals surface area contributed by atoms with Gasteiger partial charge in [0.1, 0.15) is 0 Å². The van der Waals surface area contributed by atoms with Gasteiger partial charge in [0.25, 0.3) is 0 Å². The van der Waals surface area contributed by atoms with E-state index in [0.717, 1.165) is 49.7 Å². The summed E-state index contributed by atoms with van der Waals surface area (Å²) in [5.74, 6) is 1.19. The van der Waals surface area contributed by atoms with Crippen molar-refractivity contribution in [2.75, 3.05) is 68.6 Å². The molecule has 2 aliphatic rings. The van der Waals surface area contributed by atoms with Gasteiger partial charge in [-0.2, -0.15) is 10.1 Å². The largest absolute Gasteiger partial charge is 0.383 e. The summed E-state index contributed by atoms with van der Waals surface area (Å²) in [6, 6.07) is 0.0991. The number of piperidine rings is 1. The standard InChI is InChI=1S/C22H32N8O3/c1-3-20(31)29-6-4-5-17(15-29)25-21-19(28-7-11-33-12-8-28)14-23-22(27-21)26-18-13-24-30(16-18)9-10-32-2/h3,13-14,16-17H,1,4-12,15H2,2H3,(H2,23,25,26,27)/t17-/m0/s1. The monoisotopic (exact) mass is 456 g/mol. The summed E-state index contributed by atoms with van der Waals surface area (Å²) in [7, 11) is 1.67. The molecule has 0 spiro atoms. The van der Waals surface area contributed by atoms with Crippen LogP contribution in [0.3, 0.4) is 0 Å². The van der Waals surface area contributed by atoms with Gasteiger partial charge in [-0.15, -0.1) is 0 Å². The average Bonchev–Trinajstić information content (AvgIpc) is 3.30. The minimum absolute atomic E-state index is 0.0366. The first-order valence-electron chi connectivity index (χ1n) is 11.3. The first-order chi connectivity index (χ1) is 16.2. The van der Waals surface area contributed by atoms with E-state index >= 15 is 0 Å². The van der Waals surface area contributed by atoms with E-state index in [1.807, 2.05) is 17.3 Å². The number of amides is 1. The second-order valence-corrected chi connectivity index (χ2v) is 8.11. The molecule has 2 saturated heterocycles. The highest BCUT2D eigenvalue weighted by atomic mass is 16.5. The second-order valence-electron chi connectivity index (χ2n) is 8.11. The van der Waals surface area contributed by atoms with E-state index in [1.54, 1.807) is 18.0 Å². The van der Waals surface area contributed by atoms with Gasteiger partial charge in [0.15, 0.2) is 5.82 Å². The fourth-order valence-electron chi connectivity index (χ4n) is 4.06. The number of hydrogen-bond acceptors (Lipinski definition) is 9. The minimum Gasteiger partial charge on any atom is -0.383 e. The zero-order chi connectivity index (χ0) is 23.0. The number of likely N-dealkylation sites (tertiary alicyclic amines) is 1. The lowest BCUT2D eigenvalue weighted by atomic mass is 10.1. The van der Waals surface area contributed by atoms with Crippen LogP contribution in [-0.4, -0.2) is 89.7 Å². The van der Waals surface area contributed by atoms with Gasteiger partial charge in [0, 0.05) is 45.5 Å². The summed E-state index contributed by atoms with van der Waals surface area (Å²) in [5.41, 5.74) is 1.74. The number of nitrogens with zero attached hydrogens (tertiary/aromatic N) is 6. The molecule has 1 atom stereocenters. The molecule has 0 aromatic carbocycles. The first kappa shape index (κ1) is 23.0. The highest BCUT2D eigenvalue weighted by molar-refractivity contribution is 5.87. The zero-order valence-corrected chi connectivity index (χ0v) is 19.1. The molecule has 0 bridgehead atoms. The van der Waals surface area contributed by atoms with Crippen LogP contribution in [0.25, 0.3) is 0 Å². The Morgan fingerprint density at radius 2 is 2.18 bits per heavy atom. The van der Waals surface area contributed by atoms with E-state index in [2.05, 4.69) is 32.2 Å². The maximum atomic E-state index is 12.1. The van der Waals surface area contributed by atoms with Gasteiger partial charge in [-0.05, 0) is 18.9 Å². The number of aromatic nitrogens is 4. The highest BCUT2D eigenvalue weighted by Gasteiger charge is 2.25. The van der Waals surface area contributed by atoms with Gasteiger partial charge in [-0.25, -0.2) is 4.98 Å². The summed E-state index contributed by atoms with van der Waals surface area (Å²) >= 11 is 0. The normalized spacial score (nSPS) is 18.8. The molecule has 0 saturated carbocycles. The quantitative estimate of drug-likeness (QED) is 0.542. The number of anilines is 4. The van der Waals surface area contributed by atoms with E-state index in [-0.39, 0.29) is 11.9 Å². The minimum atomic E-state index is -0.0366. The van der Waals surface area contributed by atoms with Gasteiger partial charge in [0.2, 0.25) is 11.9 Å². The number of hydrogen-bond donors (Lipinski definition) is 2. The predicted molar refractivity (Wildman–Crippen MR) is 126 cm³/mol. The van der Waals surface area contributed by atoms with Gasteiger partial charge in [0.05, 0.1) is 50.1 Å². The molecule has 4 heterocycles. The van der Waals surface area contributed by atoms with Crippen LogP contribution in [-0.2, 0) is 20.8 Å². The maximum Gasteiger partial charge on any atom is 0.246 e. The molecule has 11 nitrogen and oxygen atoms in total. The van der Waals surface area contributed by atoms with E-state index in [0.29, 0.717) is 38.9 Å². The summed E-state index contributed by atoms with van der Waals surface area (Å²) < 4.78 is 12.4. The molecule has 11 heteroatoms. The van der Waals surface area contributed by atoms with E-state index in [4.69, 9.17) is 14.5 Å². The number of carbonyl (C=O) groups excluding carboxylic acids is 1. The van der Waals surface area contributed by atoms with Crippen molar-refractivity contribution in [3.8, 4) is 0 Å². The summed E-state index contributed by atoms with van der Waals surface area (Å²) in [4.78, 5) is 25.5. The molecule has 2 aromatic heterocycles. The van der Waals surface area contributed by atoms with Crippen molar-refractivity contribution in [1.29, 1.82) is 0 Å². The lowest BCUT2D eigenvalue weighted by molar-refractivity contribution is -0.127. The maximum absolute atomic E-state index is 12.1. The summed E-state index contributed by atoms with van der Waals surface area (Å²) in [5, 5.41) is 11.1. The number of rotatable bonds is 9. The third kappa shape index (κ3) is 5.99. The molecular formula is C22H32N8O3. The number of ether oxygens (including phenoxy) is 2. The van der Waals surface area contributed by atoms with Gasteiger partial charge in [-0.1, -0.05) is 6.58 Å². The highest BCUT2D eigenvalue weighted by Crippen LogP contribution is 2.28. The van der Waals surface area contributed by atoms with Crippen molar-refractivity contribution in [1.82, 2.24) is 24.6 Å². The van der Waals surface area contributed by atoms with Crippen molar-refractivity contribution in [2.45, 2.75) is 25.4 Å². The Balaban J connectivity index is 1.52. The predicted octanol–water partition coefficient (Wildman–Crippen LogP) is 1.49. The third-order valence-electron chi connectivity index (χ3n) is 5.78. The number of carbonyl (C=O) groups is 1. The smallest absolute Gasteiger partial charge is 0.246 e. The Hall–Kier alpha value is -3.18. The number of morpholine rings is 1.